The normalized spacial score (nSPS) is 16.9. The molecule has 0 bridgehead atoms. The fourth-order valence-corrected chi connectivity index (χ4v) is 3.87. The summed E-state index contributed by atoms with van der Waals surface area (Å²) in [5.74, 6) is -0.0731. The third kappa shape index (κ3) is 5.06. The summed E-state index contributed by atoms with van der Waals surface area (Å²) in [5.41, 5.74) is 1.83. The fourth-order valence-electron chi connectivity index (χ4n) is 2.67. The maximum Gasteiger partial charge on any atom is 0.224 e. The molecule has 2 amide bonds. The number of sulfone groups is 1. The zero-order valence-electron chi connectivity index (χ0n) is 14.1. The number of hydrogen-bond acceptors (Lipinski definition) is 4. The van der Waals surface area contributed by atoms with Crippen molar-refractivity contribution in [2.45, 2.75) is 32.6 Å². The van der Waals surface area contributed by atoms with Crippen LogP contribution in [0.15, 0.2) is 24.3 Å². The van der Waals surface area contributed by atoms with Gasteiger partial charge in [-0.2, -0.15) is 0 Å². The van der Waals surface area contributed by atoms with Crippen LogP contribution < -0.4 is 5.32 Å². The Morgan fingerprint density at radius 1 is 1.12 bits per heavy atom. The zero-order valence-corrected chi connectivity index (χ0v) is 14.9. The third-order valence-corrected chi connectivity index (χ3v) is 5.73. The predicted molar refractivity (Wildman–Crippen MR) is 93.6 cm³/mol. The van der Waals surface area contributed by atoms with Crippen molar-refractivity contribution in [3.05, 3.63) is 29.8 Å². The van der Waals surface area contributed by atoms with E-state index in [9.17, 15) is 18.0 Å². The lowest BCUT2D eigenvalue weighted by Gasteiger charge is -2.26. The zero-order chi connectivity index (χ0) is 17.7. The van der Waals surface area contributed by atoms with Gasteiger partial charge in [-0.15, -0.1) is 0 Å². The van der Waals surface area contributed by atoms with E-state index in [4.69, 9.17) is 0 Å². The number of para-hydroxylation sites is 1. The van der Waals surface area contributed by atoms with Crippen LogP contribution in [0.25, 0.3) is 0 Å². The second-order valence-corrected chi connectivity index (χ2v) is 8.63. The summed E-state index contributed by atoms with van der Waals surface area (Å²) in [4.78, 5) is 25.7. The summed E-state index contributed by atoms with van der Waals surface area (Å²) in [5, 5.41) is 2.86. The minimum absolute atomic E-state index is 0.00665. The summed E-state index contributed by atoms with van der Waals surface area (Å²) in [6, 6.07) is 7.61. The summed E-state index contributed by atoms with van der Waals surface area (Å²) in [6.45, 7) is 4.55. The first kappa shape index (κ1) is 18.4. The smallest absolute Gasteiger partial charge is 0.224 e. The van der Waals surface area contributed by atoms with Gasteiger partial charge in [0, 0.05) is 31.6 Å². The van der Waals surface area contributed by atoms with Gasteiger partial charge in [0.2, 0.25) is 11.8 Å². The Morgan fingerprint density at radius 3 is 2.38 bits per heavy atom. The van der Waals surface area contributed by atoms with Gasteiger partial charge in [-0.3, -0.25) is 9.59 Å². The Morgan fingerprint density at radius 2 is 1.75 bits per heavy atom. The van der Waals surface area contributed by atoms with Crippen LogP contribution in [0.1, 0.15) is 38.2 Å². The SMILES string of the molecule is CC(C)c1ccccc1NC(=O)CCC(=O)N1CCS(=O)(=O)CC1. The summed E-state index contributed by atoms with van der Waals surface area (Å²) < 4.78 is 22.7. The van der Waals surface area contributed by atoms with E-state index in [-0.39, 0.29) is 49.3 Å². The largest absolute Gasteiger partial charge is 0.341 e. The van der Waals surface area contributed by atoms with Gasteiger partial charge in [-0.1, -0.05) is 32.0 Å². The molecule has 1 heterocycles. The van der Waals surface area contributed by atoms with Gasteiger partial charge in [0.05, 0.1) is 11.5 Å². The van der Waals surface area contributed by atoms with Crippen molar-refractivity contribution >= 4 is 27.3 Å². The molecule has 0 saturated carbocycles. The Hall–Kier alpha value is -1.89. The maximum atomic E-state index is 12.1. The van der Waals surface area contributed by atoms with E-state index < -0.39 is 9.84 Å². The van der Waals surface area contributed by atoms with E-state index in [1.54, 1.807) is 0 Å². The topological polar surface area (TPSA) is 83.6 Å². The first-order valence-corrected chi connectivity index (χ1v) is 9.97. The highest BCUT2D eigenvalue weighted by Gasteiger charge is 2.25. The first-order chi connectivity index (χ1) is 11.3. The molecule has 1 aliphatic heterocycles. The third-order valence-electron chi connectivity index (χ3n) is 4.12. The standard InChI is InChI=1S/C17H24N2O4S/c1-13(2)14-5-3-4-6-15(14)18-16(20)7-8-17(21)19-9-11-24(22,23)12-10-19/h3-6,13H,7-12H2,1-2H3,(H,18,20). The molecule has 1 fully saturated rings. The van der Waals surface area contributed by atoms with Crippen LogP contribution in [-0.2, 0) is 19.4 Å². The molecule has 1 N–H and O–H groups in total. The number of carbonyl (C=O) groups excluding carboxylic acids is 2. The van der Waals surface area contributed by atoms with E-state index in [0.717, 1.165) is 11.3 Å². The number of benzene rings is 1. The van der Waals surface area contributed by atoms with E-state index in [0.29, 0.717) is 5.92 Å². The number of rotatable bonds is 5. The van der Waals surface area contributed by atoms with Gasteiger partial charge in [0.15, 0.2) is 9.84 Å². The van der Waals surface area contributed by atoms with Gasteiger partial charge < -0.3 is 10.2 Å². The van der Waals surface area contributed by atoms with E-state index in [1.165, 1.54) is 4.90 Å². The molecule has 6 nitrogen and oxygen atoms in total. The van der Waals surface area contributed by atoms with Gasteiger partial charge in [0.1, 0.15) is 0 Å². The number of hydrogen-bond donors (Lipinski definition) is 1. The van der Waals surface area contributed by atoms with Gasteiger partial charge >= 0.3 is 0 Å². The van der Waals surface area contributed by atoms with Crippen LogP contribution in [0.5, 0.6) is 0 Å². The molecule has 0 spiro atoms. The van der Waals surface area contributed by atoms with Crippen LogP contribution in [0.4, 0.5) is 5.69 Å². The number of nitrogens with zero attached hydrogens (tertiary/aromatic N) is 1. The molecule has 1 aromatic rings. The Kier molecular flexibility index (Phi) is 5.99. The molecular formula is C17H24N2O4S. The van der Waals surface area contributed by atoms with E-state index in [2.05, 4.69) is 19.2 Å². The molecule has 1 saturated heterocycles. The molecule has 0 aliphatic carbocycles. The summed E-state index contributed by atoms with van der Waals surface area (Å²) >= 11 is 0. The Bertz CT molecular complexity index is 699. The molecule has 0 radical (unpaired) electrons. The average molecular weight is 352 g/mol. The highest BCUT2D eigenvalue weighted by Crippen LogP contribution is 2.23. The number of amides is 2. The van der Waals surface area contributed by atoms with E-state index in [1.807, 2.05) is 24.3 Å². The average Bonchev–Trinajstić information content (AvgIpc) is 2.53. The van der Waals surface area contributed by atoms with Gasteiger partial charge in [-0.05, 0) is 17.5 Å². The molecule has 0 unspecified atom stereocenters. The number of carbonyl (C=O) groups is 2. The number of nitrogens with one attached hydrogen (secondary N) is 1. The second-order valence-electron chi connectivity index (χ2n) is 6.32. The van der Waals surface area contributed by atoms with Gasteiger partial charge in [-0.25, -0.2) is 8.42 Å². The molecule has 7 heteroatoms. The minimum atomic E-state index is -3.01. The molecule has 2 rings (SSSR count). The quantitative estimate of drug-likeness (QED) is 0.876. The van der Waals surface area contributed by atoms with E-state index >= 15 is 0 Å². The van der Waals surface area contributed by atoms with Crippen LogP contribution in [0.2, 0.25) is 0 Å². The lowest BCUT2D eigenvalue weighted by Crippen LogP contribution is -2.43. The van der Waals surface area contributed by atoms with Crippen molar-refractivity contribution < 1.29 is 18.0 Å². The molecule has 1 aliphatic rings. The molecule has 1 aromatic carbocycles. The van der Waals surface area contributed by atoms with Crippen LogP contribution >= 0.6 is 0 Å². The van der Waals surface area contributed by atoms with Crippen LogP contribution in [-0.4, -0.2) is 49.7 Å². The number of anilines is 1. The van der Waals surface area contributed by atoms with Crippen molar-refractivity contribution in [1.29, 1.82) is 0 Å². The van der Waals surface area contributed by atoms with Gasteiger partial charge in [0.25, 0.3) is 0 Å². The van der Waals surface area contributed by atoms with Crippen molar-refractivity contribution in [3.63, 3.8) is 0 Å². The second kappa shape index (κ2) is 7.79. The predicted octanol–water partition coefficient (Wildman–Crippen LogP) is 1.79. The maximum absolute atomic E-state index is 12.1. The minimum Gasteiger partial charge on any atom is -0.341 e. The molecular weight excluding hydrogens is 328 g/mol. The summed E-state index contributed by atoms with van der Waals surface area (Å²) in [7, 11) is -3.01. The highest BCUT2D eigenvalue weighted by molar-refractivity contribution is 7.91. The highest BCUT2D eigenvalue weighted by atomic mass is 32.2. The Balaban J connectivity index is 1.84. The van der Waals surface area contributed by atoms with Crippen molar-refractivity contribution in [2.75, 3.05) is 29.9 Å². The van der Waals surface area contributed by atoms with Crippen molar-refractivity contribution in [3.8, 4) is 0 Å². The molecule has 132 valence electrons. The molecule has 24 heavy (non-hydrogen) atoms. The van der Waals surface area contributed by atoms with Crippen molar-refractivity contribution in [2.24, 2.45) is 0 Å². The molecule has 0 atom stereocenters. The first-order valence-electron chi connectivity index (χ1n) is 8.15. The Labute approximate surface area is 143 Å². The lowest BCUT2D eigenvalue weighted by atomic mass is 10.0. The monoisotopic (exact) mass is 352 g/mol. The lowest BCUT2D eigenvalue weighted by molar-refractivity contribution is -0.132. The fraction of sp³-hybridized carbons (Fsp3) is 0.529. The van der Waals surface area contributed by atoms with Crippen LogP contribution in [0, 0.1) is 0 Å². The summed E-state index contributed by atoms with van der Waals surface area (Å²) in [6.07, 6.45) is 0.185. The van der Waals surface area contributed by atoms with Crippen LogP contribution in [0.3, 0.4) is 0 Å². The molecule has 0 aromatic heterocycles. The van der Waals surface area contributed by atoms with Crippen molar-refractivity contribution in [1.82, 2.24) is 4.90 Å².